The van der Waals surface area contributed by atoms with E-state index in [1.54, 1.807) is 36.4 Å². The number of benzene rings is 2. The van der Waals surface area contributed by atoms with Gasteiger partial charge in [0.05, 0.1) is 5.56 Å². The van der Waals surface area contributed by atoms with Crippen LogP contribution in [0, 0.1) is 0 Å². The van der Waals surface area contributed by atoms with E-state index >= 15 is 0 Å². The van der Waals surface area contributed by atoms with Crippen molar-refractivity contribution < 1.29 is 14.7 Å². The van der Waals surface area contributed by atoms with Crippen molar-refractivity contribution in [3.05, 3.63) is 65.2 Å². The fourth-order valence-electron chi connectivity index (χ4n) is 1.64. The number of thiol groups is 1. The van der Waals surface area contributed by atoms with Crippen molar-refractivity contribution in [2.24, 2.45) is 0 Å². The molecule has 0 aliphatic heterocycles. The van der Waals surface area contributed by atoms with Crippen LogP contribution < -0.4 is 0 Å². The summed E-state index contributed by atoms with van der Waals surface area (Å²) in [5.74, 6) is -1.41. The molecule has 90 valence electrons. The Morgan fingerprint density at radius 2 is 1.44 bits per heavy atom. The lowest BCUT2D eigenvalue weighted by Gasteiger charge is -2.05. The van der Waals surface area contributed by atoms with E-state index in [0.717, 1.165) is 4.90 Å². The first-order valence-corrected chi connectivity index (χ1v) is 5.70. The lowest BCUT2D eigenvalue weighted by atomic mass is 9.98. The third kappa shape index (κ3) is 2.43. The maximum atomic E-state index is 12.2. The van der Waals surface area contributed by atoms with Gasteiger partial charge in [0.1, 0.15) is 0 Å². The van der Waals surface area contributed by atoms with Crippen LogP contribution in [0.25, 0.3) is 0 Å². The van der Waals surface area contributed by atoms with E-state index in [9.17, 15) is 9.59 Å². The van der Waals surface area contributed by atoms with Crippen LogP contribution in [0.15, 0.2) is 53.4 Å². The molecular formula is C14H10O3S. The molecule has 3 nitrogen and oxygen atoms in total. The molecule has 0 saturated carbocycles. The zero-order valence-corrected chi connectivity index (χ0v) is 10.2. The smallest absolute Gasteiger partial charge is 0.336 e. The summed E-state index contributed by atoms with van der Waals surface area (Å²) in [6, 6.07) is 12.8. The first-order valence-electron chi connectivity index (χ1n) is 5.25. The maximum Gasteiger partial charge on any atom is 0.336 e. The molecule has 1 N–H and O–H groups in total. The predicted molar refractivity (Wildman–Crippen MR) is 70.5 cm³/mol. The van der Waals surface area contributed by atoms with Gasteiger partial charge in [-0.3, -0.25) is 4.79 Å². The van der Waals surface area contributed by atoms with E-state index in [1.165, 1.54) is 12.1 Å². The molecule has 0 atom stereocenters. The quantitative estimate of drug-likeness (QED) is 0.657. The van der Waals surface area contributed by atoms with Crippen LogP contribution >= 0.6 is 12.6 Å². The molecular weight excluding hydrogens is 248 g/mol. The summed E-state index contributed by atoms with van der Waals surface area (Å²) >= 11 is 4.14. The van der Waals surface area contributed by atoms with Crippen LogP contribution in [-0.2, 0) is 0 Å². The van der Waals surface area contributed by atoms with Crippen LogP contribution in [0.1, 0.15) is 26.3 Å². The number of aromatic carboxylic acids is 1. The van der Waals surface area contributed by atoms with Crippen LogP contribution in [0.4, 0.5) is 0 Å². The highest BCUT2D eigenvalue weighted by Gasteiger charge is 2.16. The van der Waals surface area contributed by atoms with Crippen LogP contribution in [0.5, 0.6) is 0 Å². The van der Waals surface area contributed by atoms with E-state index in [4.69, 9.17) is 5.11 Å². The number of hydrogen-bond donors (Lipinski definition) is 2. The molecule has 0 saturated heterocycles. The summed E-state index contributed by atoms with van der Waals surface area (Å²) in [5, 5.41) is 9.04. The molecule has 0 unspecified atom stereocenters. The van der Waals surface area contributed by atoms with Crippen LogP contribution in [0.2, 0.25) is 0 Å². The normalized spacial score (nSPS) is 10.1. The Labute approximate surface area is 109 Å². The van der Waals surface area contributed by atoms with Gasteiger partial charge in [-0.15, -0.1) is 12.6 Å². The SMILES string of the molecule is O=C(O)c1ccccc1C(=O)c1ccc(S)cc1. The topological polar surface area (TPSA) is 54.4 Å². The molecule has 0 amide bonds. The molecule has 2 aromatic rings. The van der Waals surface area contributed by atoms with Crippen molar-refractivity contribution in [1.82, 2.24) is 0 Å². The Morgan fingerprint density at radius 1 is 0.889 bits per heavy atom. The molecule has 2 aromatic carbocycles. The summed E-state index contributed by atoms with van der Waals surface area (Å²) < 4.78 is 0. The number of carbonyl (C=O) groups is 2. The summed E-state index contributed by atoms with van der Waals surface area (Å²) in [6.45, 7) is 0. The minimum atomic E-state index is -1.11. The molecule has 0 radical (unpaired) electrons. The largest absolute Gasteiger partial charge is 0.478 e. The minimum Gasteiger partial charge on any atom is -0.478 e. The number of carbonyl (C=O) groups excluding carboxylic acids is 1. The third-order valence-electron chi connectivity index (χ3n) is 2.53. The van der Waals surface area contributed by atoms with E-state index in [0.29, 0.717) is 5.56 Å². The lowest BCUT2D eigenvalue weighted by Crippen LogP contribution is -2.09. The fraction of sp³-hybridized carbons (Fsp3) is 0. The number of hydrogen-bond acceptors (Lipinski definition) is 3. The van der Waals surface area contributed by atoms with E-state index in [2.05, 4.69) is 12.6 Å². The van der Waals surface area contributed by atoms with E-state index < -0.39 is 5.97 Å². The second-order valence-electron chi connectivity index (χ2n) is 3.73. The molecule has 18 heavy (non-hydrogen) atoms. The van der Waals surface area contributed by atoms with Crippen molar-refractivity contribution in [2.45, 2.75) is 4.90 Å². The van der Waals surface area contributed by atoms with Gasteiger partial charge in [0.15, 0.2) is 5.78 Å². The summed E-state index contributed by atoms with van der Waals surface area (Å²) in [4.78, 5) is 24.0. The van der Waals surface area contributed by atoms with Crippen molar-refractivity contribution in [3.8, 4) is 0 Å². The third-order valence-corrected chi connectivity index (χ3v) is 2.83. The van der Waals surface area contributed by atoms with Gasteiger partial charge in [-0.2, -0.15) is 0 Å². The Hall–Kier alpha value is -2.07. The van der Waals surface area contributed by atoms with Gasteiger partial charge in [0, 0.05) is 16.0 Å². The van der Waals surface area contributed by atoms with Gasteiger partial charge in [-0.25, -0.2) is 4.79 Å². The maximum absolute atomic E-state index is 12.2. The monoisotopic (exact) mass is 258 g/mol. The fourth-order valence-corrected chi connectivity index (χ4v) is 1.78. The number of rotatable bonds is 3. The molecule has 0 aromatic heterocycles. The molecule has 0 spiro atoms. The van der Waals surface area contributed by atoms with Crippen molar-refractivity contribution in [1.29, 1.82) is 0 Å². The Bertz CT molecular complexity index is 603. The second kappa shape index (κ2) is 5.06. The van der Waals surface area contributed by atoms with Crippen molar-refractivity contribution in [2.75, 3.05) is 0 Å². The predicted octanol–water partition coefficient (Wildman–Crippen LogP) is 2.90. The number of carboxylic acid groups (broad SMARTS) is 1. The van der Waals surface area contributed by atoms with Crippen molar-refractivity contribution >= 4 is 24.4 Å². The summed E-state index contributed by atoms with van der Waals surface area (Å²) in [6.07, 6.45) is 0. The van der Waals surface area contributed by atoms with E-state index in [1.807, 2.05) is 0 Å². The summed E-state index contributed by atoms with van der Waals surface area (Å²) in [7, 11) is 0. The van der Waals surface area contributed by atoms with Gasteiger partial charge in [-0.1, -0.05) is 18.2 Å². The van der Waals surface area contributed by atoms with Crippen LogP contribution in [0.3, 0.4) is 0 Å². The highest BCUT2D eigenvalue weighted by Crippen LogP contribution is 2.16. The Kier molecular flexibility index (Phi) is 3.48. The van der Waals surface area contributed by atoms with Gasteiger partial charge in [0.2, 0.25) is 0 Å². The van der Waals surface area contributed by atoms with Gasteiger partial charge < -0.3 is 5.11 Å². The molecule has 0 aliphatic carbocycles. The average molecular weight is 258 g/mol. The lowest BCUT2D eigenvalue weighted by molar-refractivity contribution is 0.0693. The standard InChI is InChI=1S/C14H10O3S/c15-13(9-5-7-10(18)8-6-9)11-3-1-2-4-12(11)14(16)17/h1-8,18H,(H,16,17). The molecule has 0 bridgehead atoms. The minimum absolute atomic E-state index is 0.0115. The van der Waals surface area contributed by atoms with Crippen molar-refractivity contribution in [3.63, 3.8) is 0 Å². The highest BCUT2D eigenvalue weighted by atomic mass is 32.1. The van der Waals surface area contributed by atoms with Gasteiger partial charge in [-0.05, 0) is 30.3 Å². The molecule has 0 fully saturated rings. The molecule has 2 rings (SSSR count). The zero-order valence-electron chi connectivity index (χ0n) is 9.33. The summed E-state index contributed by atoms with van der Waals surface area (Å²) in [5.41, 5.74) is 0.649. The second-order valence-corrected chi connectivity index (χ2v) is 4.24. The number of carboxylic acids is 1. The molecule has 0 aliphatic rings. The first-order chi connectivity index (χ1) is 8.59. The van der Waals surface area contributed by atoms with Gasteiger partial charge in [0.25, 0.3) is 0 Å². The van der Waals surface area contributed by atoms with E-state index in [-0.39, 0.29) is 16.9 Å². The zero-order chi connectivity index (χ0) is 13.1. The molecule has 0 heterocycles. The number of ketones is 1. The average Bonchev–Trinajstić information content (AvgIpc) is 2.39. The first kappa shape index (κ1) is 12.4. The van der Waals surface area contributed by atoms with Crippen LogP contribution in [-0.4, -0.2) is 16.9 Å². The molecule has 4 heteroatoms. The van der Waals surface area contributed by atoms with Gasteiger partial charge >= 0.3 is 5.97 Å². The highest BCUT2D eigenvalue weighted by molar-refractivity contribution is 7.80. The Morgan fingerprint density at radius 3 is 2.00 bits per heavy atom. The Balaban J connectivity index is 2.46.